The SMILES string of the molecule is CCC1CCN(c2ccc(CCl)nn2)C1. The topological polar surface area (TPSA) is 29.0 Å². The molecule has 0 aliphatic carbocycles. The Balaban J connectivity index is 2.04. The van der Waals surface area contributed by atoms with E-state index in [0.717, 1.165) is 30.5 Å². The second-order valence-corrected chi connectivity index (χ2v) is 4.29. The summed E-state index contributed by atoms with van der Waals surface area (Å²) in [6.45, 7) is 4.47. The molecule has 1 aromatic heterocycles. The van der Waals surface area contributed by atoms with E-state index >= 15 is 0 Å². The average Bonchev–Trinajstić information content (AvgIpc) is 2.78. The summed E-state index contributed by atoms with van der Waals surface area (Å²) in [5, 5.41) is 8.26. The first-order chi connectivity index (χ1) is 7.33. The Labute approximate surface area is 95.5 Å². The number of anilines is 1. The lowest BCUT2D eigenvalue weighted by atomic mass is 10.1. The Morgan fingerprint density at radius 1 is 1.47 bits per heavy atom. The van der Waals surface area contributed by atoms with Gasteiger partial charge in [0.1, 0.15) is 0 Å². The zero-order chi connectivity index (χ0) is 10.7. The zero-order valence-corrected chi connectivity index (χ0v) is 9.74. The van der Waals surface area contributed by atoms with Crippen molar-refractivity contribution in [2.45, 2.75) is 25.6 Å². The molecule has 1 fully saturated rings. The van der Waals surface area contributed by atoms with Gasteiger partial charge in [-0.3, -0.25) is 0 Å². The maximum absolute atomic E-state index is 5.67. The van der Waals surface area contributed by atoms with Gasteiger partial charge in [0, 0.05) is 13.1 Å². The summed E-state index contributed by atoms with van der Waals surface area (Å²) in [5.74, 6) is 2.24. The van der Waals surface area contributed by atoms with Gasteiger partial charge in [-0.2, -0.15) is 5.10 Å². The van der Waals surface area contributed by atoms with Crippen molar-refractivity contribution in [3.8, 4) is 0 Å². The van der Waals surface area contributed by atoms with E-state index in [4.69, 9.17) is 11.6 Å². The van der Waals surface area contributed by atoms with Crippen molar-refractivity contribution in [3.05, 3.63) is 17.8 Å². The van der Waals surface area contributed by atoms with Gasteiger partial charge in [0.05, 0.1) is 11.6 Å². The molecular formula is C11H16ClN3. The van der Waals surface area contributed by atoms with Gasteiger partial charge in [0.15, 0.2) is 5.82 Å². The molecule has 1 atom stereocenters. The lowest BCUT2D eigenvalue weighted by Crippen LogP contribution is -2.21. The van der Waals surface area contributed by atoms with Gasteiger partial charge in [0.2, 0.25) is 0 Å². The molecule has 82 valence electrons. The highest BCUT2D eigenvalue weighted by Crippen LogP contribution is 2.23. The van der Waals surface area contributed by atoms with Gasteiger partial charge in [-0.05, 0) is 24.5 Å². The highest BCUT2D eigenvalue weighted by molar-refractivity contribution is 6.16. The molecule has 1 aromatic rings. The Morgan fingerprint density at radius 2 is 2.33 bits per heavy atom. The molecule has 1 aliphatic heterocycles. The van der Waals surface area contributed by atoms with E-state index in [0.29, 0.717) is 5.88 Å². The fourth-order valence-electron chi connectivity index (χ4n) is 1.97. The molecule has 1 unspecified atom stereocenters. The van der Waals surface area contributed by atoms with Gasteiger partial charge in [-0.25, -0.2) is 0 Å². The van der Waals surface area contributed by atoms with E-state index < -0.39 is 0 Å². The van der Waals surface area contributed by atoms with Gasteiger partial charge in [0.25, 0.3) is 0 Å². The zero-order valence-electron chi connectivity index (χ0n) is 8.99. The van der Waals surface area contributed by atoms with E-state index in [1.807, 2.05) is 12.1 Å². The second kappa shape index (κ2) is 4.79. The minimum atomic E-state index is 0.435. The lowest BCUT2D eigenvalue weighted by Gasteiger charge is -2.16. The largest absolute Gasteiger partial charge is 0.355 e. The Hall–Kier alpha value is -0.830. The van der Waals surface area contributed by atoms with Crippen LogP contribution in [0.15, 0.2) is 12.1 Å². The van der Waals surface area contributed by atoms with E-state index in [1.54, 1.807) is 0 Å². The Bertz CT molecular complexity index is 312. The fraction of sp³-hybridized carbons (Fsp3) is 0.636. The van der Waals surface area contributed by atoms with Crippen LogP contribution in [0.2, 0.25) is 0 Å². The predicted molar refractivity (Wildman–Crippen MR) is 62.2 cm³/mol. The third kappa shape index (κ3) is 2.40. The molecule has 3 nitrogen and oxygen atoms in total. The normalized spacial score (nSPS) is 20.9. The van der Waals surface area contributed by atoms with E-state index in [9.17, 15) is 0 Å². The molecule has 4 heteroatoms. The van der Waals surface area contributed by atoms with Crippen molar-refractivity contribution in [2.75, 3.05) is 18.0 Å². The van der Waals surface area contributed by atoms with Crippen LogP contribution < -0.4 is 4.90 Å². The number of nitrogens with zero attached hydrogens (tertiary/aromatic N) is 3. The molecular weight excluding hydrogens is 210 g/mol. The molecule has 1 aliphatic rings. The third-order valence-corrected chi connectivity index (χ3v) is 3.30. The summed E-state index contributed by atoms with van der Waals surface area (Å²) in [4.78, 5) is 2.30. The molecule has 15 heavy (non-hydrogen) atoms. The predicted octanol–water partition coefficient (Wildman–Crippen LogP) is 2.45. The summed E-state index contributed by atoms with van der Waals surface area (Å²) in [5.41, 5.74) is 0.839. The molecule has 0 aromatic carbocycles. The first-order valence-corrected chi connectivity index (χ1v) is 6.00. The summed E-state index contributed by atoms with van der Waals surface area (Å²) in [6, 6.07) is 3.97. The minimum absolute atomic E-state index is 0.435. The van der Waals surface area contributed by atoms with Crippen molar-refractivity contribution in [1.29, 1.82) is 0 Å². The molecule has 0 radical (unpaired) electrons. The number of rotatable bonds is 3. The van der Waals surface area contributed by atoms with Crippen molar-refractivity contribution >= 4 is 17.4 Å². The number of halogens is 1. The lowest BCUT2D eigenvalue weighted by molar-refractivity contribution is 0.568. The van der Waals surface area contributed by atoms with Crippen LogP contribution in [0.4, 0.5) is 5.82 Å². The Morgan fingerprint density at radius 3 is 2.87 bits per heavy atom. The van der Waals surface area contributed by atoms with Gasteiger partial charge >= 0.3 is 0 Å². The molecule has 0 spiro atoms. The van der Waals surface area contributed by atoms with Crippen LogP contribution in [0, 0.1) is 5.92 Å². The number of hydrogen-bond acceptors (Lipinski definition) is 3. The van der Waals surface area contributed by atoms with Gasteiger partial charge < -0.3 is 4.90 Å². The Kier molecular flexibility index (Phi) is 3.41. The van der Waals surface area contributed by atoms with E-state index in [2.05, 4.69) is 22.0 Å². The summed E-state index contributed by atoms with van der Waals surface area (Å²) >= 11 is 5.67. The van der Waals surface area contributed by atoms with Crippen molar-refractivity contribution in [2.24, 2.45) is 5.92 Å². The number of alkyl halides is 1. The highest BCUT2D eigenvalue weighted by Gasteiger charge is 2.21. The quantitative estimate of drug-likeness (QED) is 0.740. The maximum atomic E-state index is 5.67. The summed E-state index contributed by atoms with van der Waals surface area (Å²) < 4.78 is 0. The maximum Gasteiger partial charge on any atom is 0.151 e. The first-order valence-electron chi connectivity index (χ1n) is 5.47. The molecule has 1 saturated heterocycles. The number of aromatic nitrogens is 2. The van der Waals surface area contributed by atoms with Gasteiger partial charge in [-0.15, -0.1) is 16.7 Å². The fourth-order valence-corrected chi connectivity index (χ4v) is 2.11. The van der Waals surface area contributed by atoms with Crippen LogP contribution in [-0.4, -0.2) is 23.3 Å². The third-order valence-electron chi connectivity index (χ3n) is 3.03. The molecule has 2 rings (SSSR count). The van der Waals surface area contributed by atoms with Crippen LogP contribution in [0.25, 0.3) is 0 Å². The minimum Gasteiger partial charge on any atom is -0.355 e. The van der Waals surface area contributed by atoms with Crippen LogP contribution in [-0.2, 0) is 5.88 Å². The van der Waals surface area contributed by atoms with E-state index in [-0.39, 0.29) is 0 Å². The second-order valence-electron chi connectivity index (χ2n) is 4.03. The standard InChI is InChI=1S/C11H16ClN3/c1-2-9-5-6-15(8-9)11-4-3-10(7-12)13-14-11/h3-4,9H,2,5-8H2,1H3. The number of hydrogen-bond donors (Lipinski definition) is 0. The molecule has 2 heterocycles. The molecule has 0 amide bonds. The average molecular weight is 226 g/mol. The first kappa shape index (κ1) is 10.7. The van der Waals surface area contributed by atoms with Crippen LogP contribution in [0.1, 0.15) is 25.5 Å². The van der Waals surface area contributed by atoms with Crippen molar-refractivity contribution < 1.29 is 0 Å². The van der Waals surface area contributed by atoms with Crippen molar-refractivity contribution in [3.63, 3.8) is 0 Å². The molecule has 0 N–H and O–H groups in total. The molecule has 0 saturated carbocycles. The van der Waals surface area contributed by atoms with Crippen molar-refractivity contribution in [1.82, 2.24) is 10.2 Å². The smallest absolute Gasteiger partial charge is 0.151 e. The molecule has 0 bridgehead atoms. The highest BCUT2D eigenvalue weighted by atomic mass is 35.5. The van der Waals surface area contributed by atoms with Crippen LogP contribution in [0.5, 0.6) is 0 Å². The monoisotopic (exact) mass is 225 g/mol. The summed E-state index contributed by atoms with van der Waals surface area (Å²) in [7, 11) is 0. The van der Waals surface area contributed by atoms with Crippen LogP contribution in [0.3, 0.4) is 0 Å². The summed E-state index contributed by atoms with van der Waals surface area (Å²) in [6.07, 6.45) is 2.53. The van der Waals surface area contributed by atoms with Crippen LogP contribution >= 0.6 is 11.6 Å². The van der Waals surface area contributed by atoms with Gasteiger partial charge in [-0.1, -0.05) is 13.3 Å². The van der Waals surface area contributed by atoms with E-state index in [1.165, 1.54) is 12.8 Å².